The van der Waals surface area contributed by atoms with Crippen molar-refractivity contribution in [2.75, 3.05) is 6.54 Å². The maximum Gasteiger partial charge on any atom is 0.0888 e. The average Bonchev–Trinajstić information content (AvgIpc) is 2.69. The van der Waals surface area contributed by atoms with E-state index in [-0.39, 0.29) is 6.04 Å². The summed E-state index contributed by atoms with van der Waals surface area (Å²) in [5.74, 6) is 0. The van der Waals surface area contributed by atoms with Gasteiger partial charge >= 0.3 is 0 Å². The summed E-state index contributed by atoms with van der Waals surface area (Å²) in [4.78, 5) is 1.13. The van der Waals surface area contributed by atoms with Gasteiger partial charge in [-0.25, -0.2) is 0 Å². The molecule has 1 atom stereocenters. The van der Waals surface area contributed by atoms with Crippen molar-refractivity contribution in [3.63, 3.8) is 0 Å². The lowest BCUT2D eigenvalue weighted by atomic mass is 10.1. The molecule has 0 saturated heterocycles. The van der Waals surface area contributed by atoms with Gasteiger partial charge in [0.05, 0.1) is 14.9 Å². The van der Waals surface area contributed by atoms with Gasteiger partial charge in [0.2, 0.25) is 0 Å². The Hall–Kier alpha value is 0.230. The molecule has 0 aliphatic heterocycles. The third kappa shape index (κ3) is 4.12. The zero-order valence-electron chi connectivity index (χ0n) is 10.7. The first-order chi connectivity index (χ1) is 9.51. The summed E-state index contributed by atoms with van der Waals surface area (Å²) in [5, 5.41) is 5.51. The number of hydrogen-bond donors (Lipinski definition) is 1. The Morgan fingerprint density at radius 2 is 1.80 bits per heavy atom. The lowest BCUT2D eigenvalue weighted by molar-refractivity contribution is 0.606. The van der Waals surface area contributed by atoms with Crippen molar-refractivity contribution in [1.29, 1.82) is 0 Å². The molecule has 1 aromatic heterocycles. The first kappa shape index (κ1) is 16.6. The summed E-state index contributed by atoms with van der Waals surface area (Å²) in [6.07, 6.45) is 1.05. The van der Waals surface area contributed by atoms with Gasteiger partial charge in [0.15, 0.2) is 0 Å². The smallest absolute Gasteiger partial charge is 0.0888 e. The largest absolute Gasteiger partial charge is 0.306 e. The second-order valence-corrected chi connectivity index (χ2v) is 8.04. The summed E-state index contributed by atoms with van der Waals surface area (Å²) in [7, 11) is 0. The molecule has 1 heterocycles. The second-order valence-electron chi connectivity index (χ2n) is 4.36. The van der Waals surface area contributed by atoms with E-state index in [2.05, 4.69) is 28.2 Å². The third-order valence-electron chi connectivity index (χ3n) is 2.77. The minimum atomic E-state index is 0.0416. The second kappa shape index (κ2) is 7.48. The number of halogens is 4. The number of nitrogens with one attached hydrogen (secondary N) is 1. The molecule has 1 unspecified atom stereocenters. The molecule has 0 radical (unpaired) electrons. The maximum atomic E-state index is 6.14. The van der Waals surface area contributed by atoms with Crippen LogP contribution >= 0.6 is 62.1 Å². The summed E-state index contributed by atoms with van der Waals surface area (Å²) in [5.41, 5.74) is 1.04. The summed E-state index contributed by atoms with van der Waals surface area (Å²) < 4.78 is 0.936. The van der Waals surface area contributed by atoms with Crippen LogP contribution in [0.2, 0.25) is 15.1 Å². The van der Waals surface area contributed by atoms with Crippen molar-refractivity contribution in [1.82, 2.24) is 5.32 Å². The first-order valence-corrected chi connectivity index (χ1v) is 8.89. The highest BCUT2D eigenvalue weighted by Gasteiger charge is 2.18. The Balaban J connectivity index is 2.40. The van der Waals surface area contributed by atoms with E-state index in [0.29, 0.717) is 10.0 Å². The molecule has 1 N–H and O–H groups in total. The molecule has 0 aliphatic rings. The monoisotopic (exact) mass is 411 g/mol. The highest BCUT2D eigenvalue weighted by molar-refractivity contribution is 9.11. The van der Waals surface area contributed by atoms with Crippen LogP contribution in [-0.2, 0) is 0 Å². The standard InChI is InChI=1S/C14H13BrCl3NS/c1-2-3-19-13(12-7-11(18)14(15)20-12)8-4-9(16)6-10(17)5-8/h4-7,13,19H,2-3H2,1H3. The Morgan fingerprint density at radius 1 is 1.15 bits per heavy atom. The van der Waals surface area contributed by atoms with E-state index in [4.69, 9.17) is 34.8 Å². The van der Waals surface area contributed by atoms with Crippen LogP contribution < -0.4 is 5.32 Å². The van der Waals surface area contributed by atoms with Crippen LogP contribution in [0.1, 0.15) is 29.8 Å². The van der Waals surface area contributed by atoms with Gasteiger partial charge in [-0.3, -0.25) is 0 Å². The minimum Gasteiger partial charge on any atom is -0.306 e. The molecule has 2 rings (SSSR count). The third-order valence-corrected chi connectivity index (χ3v) is 5.74. The lowest BCUT2D eigenvalue weighted by Gasteiger charge is -2.18. The Bertz CT molecular complexity index is 560. The minimum absolute atomic E-state index is 0.0416. The fraction of sp³-hybridized carbons (Fsp3) is 0.286. The number of benzene rings is 1. The molecule has 0 fully saturated rings. The van der Waals surface area contributed by atoms with Gasteiger partial charge in [-0.2, -0.15) is 0 Å². The van der Waals surface area contributed by atoms with E-state index in [1.807, 2.05) is 18.2 Å². The van der Waals surface area contributed by atoms with E-state index in [1.54, 1.807) is 17.4 Å². The molecule has 108 valence electrons. The first-order valence-electron chi connectivity index (χ1n) is 6.15. The average molecular weight is 414 g/mol. The highest BCUT2D eigenvalue weighted by Crippen LogP contribution is 2.38. The van der Waals surface area contributed by atoms with Crippen LogP contribution in [0.15, 0.2) is 28.1 Å². The molecule has 0 spiro atoms. The van der Waals surface area contributed by atoms with Crippen molar-refractivity contribution in [3.8, 4) is 0 Å². The zero-order chi connectivity index (χ0) is 14.7. The van der Waals surface area contributed by atoms with Gasteiger partial charge in [-0.15, -0.1) is 11.3 Å². The van der Waals surface area contributed by atoms with E-state index < -0.39 is 0 Å². The van der Waals surface area contributed by atoms with Crippen molar-refractivity contribution in [2.24, 2.45) is 0 Å². The fourth-order valence-electron chi connectivity index (χ4n) is 1.92. The predicted molar refractivity (Wildman–Crippen MR) is 93.6 cm³/mol. The molecule has 6 heteroatoms. The molecule has 20 heavy (non-hydrogen) atoms. The molecular formula is C14H13BrCl3NS. The van der Waals surface area contributed by atoms with Gasteiger partial charge in [-0.05, 0) is 58.7 Å². The Labute approximate surface area is 146 Å². The molecule has 2 aromatic rings. The van der Waals surface area contributed by atoms with Gasteiger partial charge in [0, 0.05) is 14.9 Å². The van der Waals surface area contributed by atoms with Crippen molar-refractivity contribution in [2.45, 2.75) is 19.4 Å². The number of hydrogen-bond acceptors (Lipinski definition) is 2. The summed E-state index contributed by atoms with van der Waals surface area (Å²) in [6.45, 7) is 3.04. The molecule has 0 amide bonds. The SMILES string of the molecule is CCCNC(c1cc(Cl)cc(Cl)c1)c1cc(Cl)c(Br)s1. The van der Waals surface area contributed by atoms with Crippen LogP contribution in [0.3, 0.4) is 0 Å². The van der Waals surface area contributed by atoms with E-state index in [9.17, 15) is 0 Å². The topological polar surface area (TPSA) is 12.0 Å². The fourth-order valence-corrected chi connectivity index (χ4v) is 4.31. The van der Waals surface area contributed by atoms with Crippen LogP contribution in [0.25, 0.3) is 0 Å². The van der Waals surface area contributed by atoms with E-state index in [0.717, 1.165) is 32.2 Å². The summed E-state index contributed by atoms with van der Waals surface area (Å²) in [6, 6.07) is 7.61. The Kier molecular flexibility index (Phi) is 6.21. The lowest BCUT2D eigenvalue weighted by Crippen LogP contribution is -2.22. The molecule has 0 bridgehead atoms. The van der Waals surface area contributed by atoms with Gasteiger partial charge in [0.25, 0.3) is 0 Å². The van der Waals surface area contributed by atoms with Crippen LogP contribution in [0.5, 0.6) is 0 Å². The predicted octanol–water partition coefficient (Wildman–Crippen LogP) is 6.56. The highest BCUT2D eigenvalue weighted by atomic mass is 79.9. The normalized spacial score (nSPS) is 12.7. The molecular weight excluding hydrogens is 400 g/mol. The van der Waals surface area contributed by atoms with Crippen LogP contribution in [-0.4, -0.2) is 6.54 Å². The molecule has 1 aromatic carbocycles. The Morgan fingerprint density at radius 3 is 2.30 bits per heavy atom. The quantitative estimate of drug-likeness (QED) is 0.585. The van der Waals surface area contributed by atoms with Crippen molar-refractivity contribution < 1.29 is 0 Å². The van der Waals surface area contributed by atoms with Crippen LogP contribution in [0.4, 0.5) is 0 Å². The van der Waals surface area contributed by atoms with E-state index >= 15 is 0 Å². The van der Waals surface area contributed by atoms with E-state index in [1.165, 1.54) is 0 Å². The van der Waals surface area contributed by atoms with Crippen molar-refractivity contribution in [3.05, 3.63) is 53.6 Å². The maximum absolute atomic E-state index is 6.14. The molecule has 0 saturated carbocycles. The number of rotatable bonds is 5. The molecule has 1 nitrogen and oxygen atoms in total. The van der Waals surface area contributed by atoms with Gasteiger partial charge in [0.1, 0.15) is 0 Å². The van der Waals surface area contributed by atoms with Gasteiger partial charge in [-0.1, -0.05) is 41.7 Å². The van der Waals surface area contributed by atoms with Gasteiger partial charge < -0.3 is 5.32 Å². The molecule has 0 aliphatic carbocycles. The zero-order valence-corrected chi connectivity index (χ0v) is 15.4. The summed E-state index contributed by atoms with van der Waals surface area (Å²) >= 11 is 23.4. The van der Waals surface area contributed by atoms with Crippen LogP contribution in [0, 0.1) is 0 Å². The number of thiophene rings is 1. The van der Waals surface area contributed by atoms with Crippen molar-refractivity contribution >= 4 is 62.1 Å².